The van der Waals surface area contributed by atoms with Gasteiger partial charge in [-0.1, -0.05) is 26.0 Å². The van der Waals surface area contributed by atoms with Gasteiger partial charge in [0.25, 0.3) is 0 Å². The monoisotopic (exact) mass is 259 g/mol. The van der Waals surface area contributed by atoms with Crippen LogP contribution in [0.2, 0.25) is 0 Å². The zero-order chi connectivity index (χ0) is 13.9. The van der Waals surface area contributed by atoms with Gasteiger partial charge in [0.1, 0.15) is 5.75 Å². The Balaban J connectivity index is 2.19. The van der Waals surface area contributed by atoms with E-state index in [1.54, 1.807) is 6.08 Å². The van der Waals surface area contributed by atoms with E-state index in [9.17, 15) is 4.79 Å². The van der Waals surface area contributed by atoms with Crippen molar-refractivity contribution in [3.63, 3.8) is 0 Å². The molecule has 0 aromatic heterocycles. The van der Waals surface area contributed by atoms with Gasteiger partial charge in [-0.3, -0.25) is 4.79 Å². The lowest BCUT2D eigenvalue weighted by Crippen LogP contribution is -2.24. The molecule has 0 bridgehead atoms. The largest absolute Gasteiger partial charge is 0.492 e. The van der Waals surface area contributed by atoms with Gasteiger partial charge >= 0.3 is 0 Å². The Morgan fingerprint density at radius 3 is 2.68 bits per heavy atom. The van der Waals surface area contributed by atoms with Crippen LogP contribution < -0.4 is 10.1 Å². The van der Waals surface area contributed by atoms with Gasteiger partial charge in [0.15, 0.2) is 5.78 Å². The third-order valence-electron chi connectivity index (χ3n) is 3.14. The molecule has 102 valence electrons. The molecule has 1 aliphatic carbocycles. The van der Waals surface area contributed by atoms with Crippen molar-refractivity contribution in [2.24, 2.45) is 5.41 Å². The number of ketones is 1. The molecule has 1 aliphatic rings. The number of nitrogens with one attached hydrogen (secondary N) is 1. The SMILES string of the molecule is CCOc1ccccc1NC1=CC(=O)CC(C)(C)C1. The zero-order valence-corrected chi connectivity index (χ0v) is 11.8. The number of carbonyl (C=O) groups excluding carboxylic acids is 1. The van der Waals surface area contributed by atoms with E-state index >= 15 is 0 Å². The molecule has 0 saturated carbocycles. The summed E-state index contributed by atoms with van der Waals surface area (Å²) < 4.78 is 5.58. The molecule has 0 heterocycles. The predicted octanol–water partition coefficient (Wildman–Crippen LogP) is 3.77. The quantitative estimate of drug-likeness (QED) is 0.894. The number of allylic oxidation sites excluding steroid dienone is 2. The second-order valence-corrected chi connectivity index (χ2v) is 5.71. The van der Waals surface area contributed by atoms with Gasteiger partial charge in [0.2, 0.25) is 0 Å². The number of para-hydroxylation sites is 2. The molecule has 3 heteroatoms. The van der Waals surface area contributed by atoms with Gasteiger partial charge in [0.05, 0.1) is 12.3 Å². The summed E-state index contributed by atoms with van der Waals surface area (Å²) in [4.78, 5) is 11.7. The van der Waals surface area contributed by atoms with Crippen molar-refractivity contribution in [1.29, 1.82) is 0 Å². The summed E-state index contributed by atoms with van der Waals surface area (Å²) in [5.41, 5.74) is 1.91. The molecular weight excluding hydrogens is 238 g/mol. The average molecular weight is 259 g/mol. The number of carbonyl (C=O) groups is 1. The van der Waals surface area contributed by atoms with Crippen LogP contribution >= 0.6 is 0 Å². The topological polar surface area (TPSA) is 38.3 Å². The fraction of sp³-hybridized carbons (Fsp3) is 0.438. The maximum Gasteiger partial charge on any atom is 0.157 e. The summed E-state index contributed by atoms with van der Waals surface area (Å²) in [6, 6.07) is 7.81. The minimum absolute atomic E-state index is 0.0225. The van der Waals surface area contributed by atoms with Crippen molar-refractivity contribution in [1.82, 2.24) is 0 Å². The summed E-state index contributed by atoms with van der Waals surface area (Å²) in [5, 5.41) is 3.34. The molecule has 0 radical (unpaired) electrons. The van der Waals surface area contributed by atoms with E-state index in [0.29, 0.717) is 13.0 Å². The molecule has 2 rings (SSSR count). The van der Waals surface area contributed by atoms with Gasteiger partial charge in [0, 0.05) is 18.2 Å². The van der Waals surface area contributed by atoms with Crippen molar-refractivity contribution in [3.05, 3.63) is 36.0 Å². The first-order chi connectivity index (χ1) is 9.00. The Labute approximate surface area is 114 Å². The predicted molar refractivity (Wildman–Crippen MR) is 77.3 cm³/mol. The maximum atomic E-state index is 11.7. The van der Waals surface area contributed by atoms with E-state index in [0.717, 1.165) is 23.6 Å². The second-order valence-electron chi connectivity index (χ2n) is 5.71. The van der Waals surface area contributed by atoms with Crippen molar-refractivity contribution in [2.45, 2.75) is 33.6 Å². The standard InChI is InChI=1S/C16H21NO2/c1-4-19-15-8-6-5-7-14(15)17-12-9-13(18)11-16(2,3)10-12/h5-9,17H,4,10-11H2,1-3H3. The van der Waals surface area contributed by atoms with E-state index < -0.39 is 0 Å². The normalized spacial score (nSPS) is 17.8. The van der Waals surface area contributed by atoms with Crippen molar-refractivity contribution >= 4 is 11.5 Å². The number of benzene rings is 1. The van der Waals surface area contributed by atoms with Crippen LogP contribution in [0.25, 0.3) is 0 Å². The molecule has 0 unspecified atom stereocenters. The highest BCUT2D eigenvalue weighted by Gasteiger charge is 2.27. The van der Waals surface area contributed by atoms with Crippen LogP contribution in [0.15, 0.2) is 36.0 Å². The highest BCUT2D eigenvalue weighted by atomic mass is 16.5. The summed E-state index contributed by atoms with van der Waals surface area (Å²) in [6.45, 7) is 6.83. The lowest BCUT2D eigenvalue weighted by molar-refractivity contribution is -0.117. The average Bonchev–Trinajstić information content (AvgIpc) is 2.29. The molecule has 0 spiro atoms. The third kappa shape index (κ3) is 3.60. The molecule has 3 nitrogen and oxygen atoms in total. The van der Waals surface area contributed by atoms with Crippen LogP contribution in [0.3, 0.4) is 0 Å². The Morgan fingerprint density at radius 2 is 2.00 bits per heavy atom. The minimum Gasteiger partial charge on any atom is -0.492 e. The van der Waals surface area contributed by atoms with Crippen molar-refractivity contribution < 1.29 is 9.53 Å². The first-order valence-corrected chi connectivity index (χ1v) is 6.72. The van der Waals surface area contributed by atoms with Gasteiger partial charge in [-0.2, -0.15) is 0 Å². The fourth-order valence-corrected chi connectivity index (χ4v) is 2.45. The molecule has 0 atom stereocenters. The molecule has 0 amide bonds. The lowest BCUT2D eigenvalue weighted by atomic mass is 9.79. The Bertz CT molecular complexity index is 503. The van der Waals surface area contributed by atoms with Crippen molar-refractivity contribution in [2.75, 3.05) is 11.9 Å². The first-order valence-electron chi connectivity index (χ1n) is 6.72. The van der Waals surface area contributed by atoms with Crippen LogP contribution in [0, 0.1) is 5.41 Å². The Morgan fingerprint density at radius 1 is 1.26 bits per heavy atom. The molecule has 0 fully saturated rings. The van der Waals surface area contributed by atoms with E-state index in [1.807, 2.05) is 31.2 Å². The van der Waals surface area contributed by atoms with Crippen LogP contribution in [-0.4, -0.2) is 12.4 Å². The van der Waals surface area contributed by atoms with Gasteiger partial charge in [-0.15, -0.1) is 0 Å². The Kier molecular flexibility index (Phi) is 3.93. The highest BCUT2D eigenvalue weighted by molar-refractivity contribution is 5.92. The molecule has 1 aromatic carbocycles. The number of anilines is 1. The molecule has 1 aromatic rings. The van der Waals surface area contributed by atoms with E-state index in [2.05, 4.69) is 19.2 Å². The second kappa shape index (κ2) is 5.47. The summed E-state index contributed by atoms with van der Waals surface area (Å²) in [7, 11) is 0. The van der Waals surface area contributed by atoms with Crippen LogP contribution in [0.1, 0.15) is 33.6 Å². The number of ether oxygens (including phenoxy) is 1. The summed E-state index contributed by atoms with van der Waals surface area (Å²) in [6.07, 6.45) is 3.21. The van der Waals surface area contributed by atoms with E-state index in [-0.39, 0.29) is 11.2 Å². The van der Waals surface area contributed by atoms with Gasteiger partial charge < -0.3 is 10.1 Å². The number of hydrogen-bond acceptors (Lipinski definition) is 3. The Hall–Kier alpha value is -1.77. The maximum absolute atomic E-state index is 11.7. The molecule has 0 aliphatic heterocycles. The summed E-state index contributed by atoms with van der Waals surface area (Å²) >= 11 is 0. The van der Waals surface area contributed by atoms with E-state index in [1.165, 1.54) is 0 Å². The van der Waals surface area contributed by atoms with Crippen LogP contribution in [0.4, 0.5) is 5.69 Å². The number of rotatable bonds is 4. The smallest absolute Gasteiger partial charge is 0.157 e. The zero-order valence-electron chi connectivity index (χ0n) is 11.8. The van der Waals surface area contributed by atoms with Crippen LogP contribution in [0.5, 0.6) is 5.75 Å². The van der Waals surface area contributed by atoms with E-state index in [4.69, 9.17) is 4.74 Å². The first kappa shape index (κ1) is 13.7. The third-order valence-corrected chi connectivity index (χ3v) is 3.14. The molecular formula is C16H21NO2. The molecule has 1 N–H and O–H groups in total. The molecule has 19 heavy (non-hydrogen) atoms. The van der Waals surface area contributed by atoms with Gasteiger partial charge in [-0.05, 0) is 30.9 Å². The van der Waals surface area contributed by atoms with Crippen LogP contribution in [-0.2, 0) is 4.79 Å². The molecule has 0 saturated heterocycles. The minimum atomic E-state index is 0.0225. The fourth-order valence-electron chi connectivity index (χ4n) is 2.45. The lowest BCUT2D eigenvalue weighted by Gasteiger charge is -2.29. The number of hydrogen-bond donors (Lipinski definition) is 1. The summed E-state index contributed by atoms with van der Waals surface area (Å²) in [5.74, 6) is 1.01. The highest BCUT2D eigenvalue weighted by Crippen LogP contribution is 2.35. The van der Waals surface area contributed by atoms with Gasteiger partial charge in [-0.25, -0.2) is 0 Å². The van der Waals surface area contributed by atoms with Crippen molar-refractivity contribution in [3.8, 4) is 5.75 Å².